The number of halogens is 1. The molecule has 140 valence electrons. The molecule has 0 bridgehead atoms. The van der Waals surface area contributed by atoms with Crippen LogP contribution in [-0.4, -0.2) is 46.6 Å². The van der Waals surface area contributed by atoms with Crippen molar-refractivity contribution in [3.05, 3.63) is 15.0 Å². The highest BCUT2D eigenvalue weighted by Gasteiger charge is 2.29. The van der Waals surface area contributed by atoms with Crippen molar-refractivity contribution in [2.24, 2.45) is 0 Å². The van der Waals surface area contributed by atoms with Gasteiger partial charge in [-0.15, -0.1) is 11.3 Å². The number of rotatable bonds is 3. The highest BCUT2D eigenvalue weighted by atomic mass is 35.5. The summed E-state index contributed by atoms with van der Waals surface area (Å²) in [4.78, 5) is 31.5. The molecule has 1 aromatic heterocycles. The van der Waals surface area contributed by atoms with Crippen LogP contribution in [0.4, 0.5) is 4.79 Å². The molecular weight excluding hydrogens is 362 g/mol. The third-order valence-electron chi connectivity index (χ3n) is 3.86. The Hall–Kier alpha value is -1.34. The fourth-order valence-electron chi connectivity index (χ4n) is 2.70. The Labute approximate surface area is 157 Å². The minimum Gasteiger partial charge on any atom is -0.444 e. The van der Waals surface area contributed by atoms with Gasteiger partial charge in [0.05, 0.1) is 0 Å². The first-order valence-electron chi connectivity index (χ1n) is 8.52. The van der Waals surface area contributed by atoms with E-state index in [9.17, 15) is 9.59 Å². The van der Waals surface area contributed by atoms with E-state index >= 15 is 0 Å². The molecule has 8 heteroatoms. The quantitative estimate of drug-likeness (QED) is 0.849. The van der Waals surface area contributed by atoms with E-state index in [4.69, 9.17) is 16.3 Å². The molecule has 0 spiro atoms. The van der Waals surface area contributed by atoms with Crippen molar-refractivity contribution in [3.8, 4) is 0 Å². The molecule has 1 saturated heterocycles. The highest BCUT2D eigenvalue weighted by molar-refractivity contribution is 7.16. The number of thiazole rings is 1. The SMILES string of the molecule is CC(C)c1sc(Cl)nc1C(=O)N1CCC(NC(=O)OC(C)(C)C)CC1. The van der Waals surface area contributed by atoms with Crippen molar-refractivity contribution in [2.45, 2.75) is 65.0 Å². The van der Waals surface area contributed by atoms with Gasteiger partial charge in [-0.1, -0.05) is 25.4 Å². The Kier molecular flexibility index (Phi) is 6.32. The van der Waals surface area contributed by atoms with Crippen LogP contribution in [-0.2, 0) is 4.74 Å². The number of amides is 2. The Morgan fingerprint density at radius 2 is 1.92 bits per heavy atom. The van der Waals surface area contributed by atoms with E-state index in [0.717, 1.165) is 4.88 Å². The first-order valence-corrected chi connectivity index (χ1v) is 9.71. The first kappa shape index (κ1) is 20.0. The predicted molar refractivity (Wildman–Crippen MR) is 99.5 cm³/mol. The summed E-state index contributed by atoms with van der Waals surface area (Å²) in [5.41, 5.74) is -0.0544. The number of hydrogen-bond acceptors (Lipinski definition) is 5. The maximum absolute atomic E-state index is 12.8. The molecule has 1 fully saturated rings. The second-order valence-corrected chi connectivity index (χ2v) is 9.16. The molecule has 2 rings (SSSR count). The molecule has 0 atom stereocenters. The van der Waals surface area contributed by atoms with Gasteiger partial charge in [0, 0.05) is 24.0 Å². The standard InChI is InChI=1S/C17H26ClN3O3S/c1-10(2)13-12(20-15(18)25-13)14(22)21-8-6-11(7-9-21)19-16(23)24-17(3,4)5/h10-11H,6-9H2,1-5H3,(H,19,23). The lowest BCUT2D eigenvalue weighted by molar-refractivity contribution is 0.0473. The zero-order valence-electron chi connectivity index (χ0n) is 15.4. The van der Waals surface area contributed by atoms with E-state index in [2.05, 4.69) is 10.3 Å². The summed E-state index contributed by atoms with van der Waals surface area (Å²) in [7, 11) is 0. The topological polar surface area (TPSA) is 71.5 Å². The third-order valence-corrected chi connectivity index (χ3v) is 5.32. The van der Waals surface area contributed by atoms with Gasteiger partial charge in [0.25, 0.3) is 5.91 Å². The maximum Gasteiger partial charge on any atom is 0.407 e. The van der Waals surface area contributed by atoms with Gasteiger partial charge in [-0.25, -0.2) is 9.78 Å². The number of nitrogens with zero attached hydrogens (tertiary/aromatic N) is 2. The lowest BCUT2D eigenvalue weighted by Gasteiger charge is -2.32. The largest absolute Gasteiger partial charge is 0.444 e. The number of likely N-dealkylation sites (tertiary alicyclic amines) is 1. The van der Waals surface area contributed by atoms with Crippen molar-refractivity contribution in [2.75, 3.05) is 13.1 Å². The molecule has 0 aliphatic carbocycles. The minimum atomic E-state index is -0.516. The second-order valence-electron chi connectivity index (χ2n) is 7.55. The number of carbonyl (C=O) groups excluding carboxylic acids is 2. The van der Waals surface area contributed by atoms with Crippen LogP contribution < -0.4 is 5.32 Å². The van der Waals surface area contributed by atoms with E-state index in [1.807, 2.05) is 34.6 Å². The van der Waals surface area contributed by atoms with Gasteiger partial charge in [-0.2, -0.15) is 0 Å². The van der Waals surface area contributed by atoms with Crippen molar-refractivity contribution in [1.29, 1.82) is 0 Å². The van der Waals surface area contributed by atoms with E-state index in [-0.39, 0.29) is 17.9 Å². The smallest absolute Gasteiger partial charge is 0.407 e. The Morgan fingerprint density at radius 1 is 1.32 bits per heavy atom. The molecule has 1 N–H and O–H groups in total. The lowest BCUT2D eigenvalue weighted by atomic mass is 10.0. The molecule has 2 amide bonds. The molecule has 2 heterocycles. The molecule has 6 nitrogen and oxygen atoms in total. The molecule has 0 aromatic carbocycles. The predicted octanol–water partition coefficient (Wildman–Crippen LogP) is 4.05. The second kappa shape index (κ2) is 7.91. The summed E-state index contributed by atoms with van der Waals surface area (Å²) in [5, 5.41) is 2.87. The Bertz CT molecular complexity index is 632. The number of piperidine rings is 1. The highest BCUT2D eigenvalue weighted by Crippen LogP contribution is 2.30. The summed E-state index contributed by atoms with van der Waals surface area (Å²) >= 11 is 7.36. The molecule has 1 aliphatic heterocycles. The van der Waals surface area contributed by atoms with Crippen molar-refractivity contribution < 1.29 is 14.3 Å². The van der Waals surface area contributed by atoms with Crippen LogP contribution in [0.5, 0.6) is 0 Å². The molecule has 25 heavy (non-hydrogen) atoms. The van der Waals surface area contributed by atoms with Crippen molar-refractivity contribution >= 4 is 34.9 Å². The summed E-state index contributed by atoms with van der Waals surface area (Å²) in [6.07, 6.45) is 0.977. The number of hydrogen-bond donors (Lipinski definition) is 1. The third kappa shape index (κ3) is 5.57. The average molecular weight is 388 g/mol. The van der Waals surface area contributed by atoms with Crippen LogP contribution in [0.25, 0.3) is 0 Å². The van der Waals surface area contributed by atoms with Gasteiger partial charge < -0.3 is 15.0 Å². The zero-order valence-corrected chi connectivity index (χ0v) is 17.0. The van der Waals surface area contributed by atoms with E-state index in [1.165, 1.54) is 11.3 Å². The molecule has 1 aromatic rings. The number of ether oxygens (including phenoxy) is 1. The molecule has 0 unspecified atom stereocenters. The summed E-state index contributed by atoms with van der Waals surface area (Å²) < 4.78 is 5.67. The number of nitrogens with one attached hydrogen (secondary N) is 1. The first-order chi connectivity index (χ1) is 11.6. The number of carbonyl (C=O) groups is 2. The molecule has 0 saturated carbocycles. The average Bonchev–Trinajstić information content (AvgIpc) is 2.87. The normalized spacial score (nSPS) is 16.2. The van der Waals surface area contributed by atoms with Crippen LogP contribution in [0.2, 0.25) is 4.47 Å². The van der Waals surface area contributed by atoms with Crippen molar-refractivity contribution in [1.82, 2.24) is 15.2 Å². The van der Waals surface area contributed by atoms with Gasteiger partial charge >= 0.3 is 6.09 Å². The van der Waals surface area contributed by atoms with E-state index in [1.54, 1.807) is 4.90 Å². The van der Waals surface area contributed by atoms with Gasteiger partial charge in [-0.3, -0.25) is 4.79 Å². The Morgan fingerprint density at radius 3 is 2.44 bits per heavy atom. The monoisotopic (exact) mass is 387 g/mol. The van der Waals surface area contributed by atoms with Crippen LogP contribution in [0.15, 0.2) is 0 Å². The van der Waals surface area contributed by atoms with Crippen LogP contribution in [0.3, 0.4) is 0 Å². The zero-order chi connectivity index (χ0) is 18.8. The number of alkyl carbamates (subject to hydrolysis) is 1. The molecule has 1 aliphatic rings. The maximum atomic E-state index is 12.8. The van der Waals surface area contributed by atoms with E-state index in [0.29, 0.717) is 36.1 Å². The van der Waals surface area contributed by atoms with Gasteiger partial charge in [0.2, 0.25) is 0 Å². The lowest BCUT2D eigenvalue weighted by Crippen LogP contribution is -2.47. The van der Waals surface area contributed by atoms with Crippen molar-refractivity contribution in [3.63, 3.8) is 0 Å². The summed E-state index contributed by atoms with van der Waals surface area (Å²) in [6.45, 7) is 10.7. The fourth-order valence-corrected chi connectivity index (χ4v) is 3.82. The van der Waals surface area contributed by atoms with Gasteiger partial charge in [-0.05, 0) is 39.5 Å². The van der Waals surface area contributed by atoms with Crippen LogP contribution in [0, 0.1) is 0 Å². The van der Waals surface area contributed by atoms with Gasteiger partial charge in [0.15, 0.2) is 4.47 Å². The Balaban J connectivity index is 1.92. The fraction of sp³-hybridized carbons (Fsp3) is 0.706. The van der Waals surface area contributed by atoms with Gasteiger partial charge in [0.1, 0.15) is 11.3 Å². The van der Waals surface area contributed by atoms with Crippen LogP contribution >= 0.6 is 22.9 Å². The minimum absolute atomic E-state index is 0.0162. The summed E-state index contributed by atoms with van der Waals surface area (Å²) in [5.74, 6) is 0.123. The number of aromatic nitrogens is 1. The van der Waals surface area contributed by atoms with Crippen LogP contribution in [0.1, 0.15) is 68.7 Å². The van der Waals surface area contributed by atoms with E-state index < -0.39 is 11.7 Å². The molecular formula is C17H26ClN3O3S. The summed E-state index contributed by atoms with van der Waals surface area (Å²) in [6, 6.07) is 0.0162. The molecule has 0 radical (unpaired) electrons.